The molecule has 0 aliphatic heterocycles. The molecule has 1 N–H and O–H groups in total. The number of hydrogen-bond donors (Lipinski definition) is 1. The van der Waals surface area contributed by atoms with E-state index in [0.29, 0.717) is 16.4 Å². The Bertz CT molecular complexity index is 1710. The highest BCUT2D eigenvalue weighted by atomic mass is 32.2. The number of halogens is 1. The van der Waals surface area contributed by atoms with Crippen molar-refractivity contribution in [2.24, 2.45) is 14.1 Å². The van der Waals surface area contributed by atoms with Crippen LogP contribution in [0.3, 0.4) is 0 Å². The lowest BCUT2D eigenvalue weighted by atomic mass is 10.2. The van der Waals surface area contributed by atoms with Crippen LogP contribution in [0.2, 0.25) is 0 Å². The van der Waals surface area contributed by atoms with Gasteiger partial charge in [0, 0.05) is 31.5 Å². The molecule has 5 aromatic rings. The molecule has 13 heteroatoms. The Hall–Kier alpha value is -4.00. The lowest BCUT2D eigenvalue weighted by Gasteiger charge is -2.10. The maximum absolute atomic E-state index is 14.4. The zero-order valence-electron chi connectivity index (χ0n) is 17.5. The summed E-state index contributed by atoms with van der Waals surface area (Å²) < 4.78 is 19.5. The molecule has 0 aliphatic rings. The van der Waals surface area contributed by atoms with E-state index in [1.54, 1.807) is 22.8 Å². The molecule has 33 heavy (non-hydrogen) atoms. The number of imidazole rings is 1. The second-order valence-corrected chi connectivity index (χ2v) is 8.29. The molecule has 168 valence electrons. The molecular weight excluding hydrogens is 451 g/mol. The van der Waals surface area contributed by atoms with E-state index in [1.807, 2.05) is 0 Å². The van der Waals surface area contributed by atoms with E-state index < -0.39 is 17.1 Å². The van der Waals surface area contributed by atoms with Crippen molar-refractivity contribution >= 4 is 28.7 Å². The summed E-state index contributed by atoms with van der Waals surface area (Å²) in [6.45, 7) is 0.0352. The first-order valence-electron chi connectivity index (χ1n) is 9.79. The molecule has 0 amide bonds. The fourth-order valence-electron chi connectivity index (χ4n) is 3.56. The van der Waals surface area contributed by atoms with Crippen LogP contribution >= 0.6 is 11.8 Å². The van der Waals surface area contributed by atoms with Gasteiger partial charge in [-0.15, -0.1) is 0 Å². The average molecular weight is 468 g/mol. The third-order valence-electron chi connectivity index (χ3n) is 5.27. The Balaban J connectivity index is 1.63. The minimum Gasteiger partial charge on any atom is -0.308 e. The van der Waals surface area contributed by atoms with Crippen LogP contribution in [0.15, 0.2) is 56.2 Å². The van der Waals surface area contributed by atoms with E-state index >= 15 is 0 Å². The van der Waals surface area contributed by atoms with E-state index in [9.17, 15) is 18.8 Å². The average Bonchev–Trinajstić information content (AvgIpc) is 3.42. The van der Waals surface area contributed by atoms with Crippen LogP contribution in [-0.4, -0.2) is 38.3 Å². The van der Waals surface area contributed by atoms with Crippen LogP contribution in [-0.2, 0) is 26.4 Å². The van der Waals surface area contributed by atoms with Gasteiger partial charge in [-0.2, -0.15) is 4.52 Å². The summed E-state index contributed by atoms with van der Waals surface area (Å²) in [5.74, 6) is 0.0535. The summed E-state index contributed by atoms with van der Waals surface area (Å²) in [6, 6.07) is 7.62. The van der Waals surface area contributed by atoms with Crippen molar-refractivity contribution in [2.45, 2.75) is 17.5 Å². The first-order chi connectivity index (χ1) is 15.8. The number of aromatic nitrogens is 8. The normalized spacial score (nSPS) is 11.6. The van der Waals surface area contributed by atoms with Crippen LogP contribution in [0.1, 0.15) is 11.3 Å². The lowest BCUT2D eigenvalue weighted by Crippen LogP contribution is -2.37. The minimum atomic E-state index is -0.530. The monoisotopic (exact) mass is 468 g/mol. The van der Waals surface area contributed by atoms with Gasteiger partial charge in [-0.05, 0) is 6.07 Å². The highest BCUT2D eigenvalue weighted by molar-refractivity contribution is 7.98. The second kappa shape index (κ2) is 7.85. The standard InChI is InChI=1S/C20H17FN8O3S/c1-26-16-15(17(31)27(2)20(26)32)28(8-11-5-3-4-6-13(11)21)19(25-16)33-9-12-7-14(30)29-18(24-12)22-10-23-29/h3-7,10H,8-9H2,1-2H3,(H,22,23,24). The Labute approximate surface area is 188 Å². The van der Waals surface area contributed by atoms with Gasteiger partial charge in [-0.1, -0.05) is 30.0 Å². The summed E-state index contributed by atoms with van der Waals surface area (Å²) in [5, 5.41) is 3.06. The molecular formula is C20H17FN8O3S. The van der Waals surface area contributed by atoms with Crippen LogP contribution in [0.5, 0.6) is 0 Å². The van der Waals surface area contributed by atoms with Gasteiger partial charge in [0.05, 0.1) is 12.2 Å². The number of rotatable bonds is 5. The Morgan fingerprint density at radius 2 is 1.88 bits per heavy atom. The molecule has 0 radical (unpaired) electrons. The van der Waals surface area contributed by atoms with Crippen LogP contribution in [0.25, 0.3) is 16.9 Å². The molecule has 0 spiro atoms. The zero-order chi connectivity index (χ0) is 23.3. The number of aromatic amines is 1. The molecule has 0 fully saturated rings. The van der Waals surface area contributed by atoms with Crippen molar-refractivity contribution < 1.29 is 4.39 Å². The van der Waals surface area contributed by atoms with E-state index in [1.165, 1.54) is 53.4 Å². The van der Waals surface area contributed by atoms with E-state index in [0.717, 1.165) is 4.57 Å². The van der Waals surface area contributed by atoms with Gasteiger partial charge in [-0.3, -0.25) is 23.8 Å². The molecule has 11 nitrogen and oxygen atoms in total. The summed E-state index contributed by atoms with van der Waals surface area (Å²) in [6.07, 6.45) is 1.37. The number of H-pyrrole nitrogens is 1. The SMILES string of the molecule is Cn1c(=O)c2c(nc(SCc3cc(=O)n4[nH]cnc4n3)n2Cc2ccccc2F)n(C)c1=O. The van der Waals surface area contributed by atoms with E-state index in [2.05, 4.69) is 20.1 Å². The van der Waals surface area contributed by atoms with Gasteiger partial charge in [0.15, 0.2) is 16.3 Å². The van der Waals surface area contributed by atoms with Crippen molar-refractivity contribution in [2.75, 3.05) is 0 Å². The maximum Gasteiger partial charge on any atom is 0.332 e. The third-order valence-corrected chi connectivity index (χ3v) is 6.28. The number of benzene rings is 1. The van der Waals surface area contributed by atoms with Crippen LogP contribution < -0.4 is 16.8 Å². The fourth-order valence-corrected chi connectivity index (χ4v) is 4.45. The summed E-state index contributed by atoms with van der Waals surface area (Å²) in [7, 11) is 2.90. The minimum absolute atomic E-state index is 0.0352. The summed E-state index contributed by atoms with van der Waals surface area (Å²) in [5.41, 5.74) is -0.160. The van der Waals surface area contributed by atoms with Crippen molar-refractivity contribution in [3.63, 3.8) is 0 Å². The zero-order valence-corrected chi connectivity index (χ0v) is 18.3. The molecule has 1 aromatic carbocycles. The van der Waals surface area contributed by atoms with Gasteiger partial charge in [0.2, 0.25) is 0 Å². The molecule has 4 aromatic heterocycles. The summed E-state index contributed by atoms with van der Waals surface area (Å²) >= 11 is 1.22. The molecule has 4 heterocycles. The van der Waals surface area contributed by atoms with Crippen molar-refractivity contribution in [1.29, 1.82) is 0 Å². The molecule has 0 saturated heterocycles. The highest BCUT2D eigenvalue weighted by Crippen LogP contribution is 2.26. The quantitative estimate of drug-likeness (QED) is 0.375. The first kappa shape index (κ1) is 20.9. The number of nitrogens with one attached hydrogen (secondary N) is 1. The van der Waals surface area contributed by atoms with Crippen LogP contribution in [0.4, 0.5) is 4.39 Å². The number of fused-ring (bicyclic) bond motifs is 2. The third kappa shape index (κ3) is 3.46. The number of aryl methyl sites for hydroxylation is 1. The Kier molecular flexibility index (Phi) is 4.96. The summed E-state index contributed by atoms with van der Waals surface area (Å²) in [4.78, 5) is 50.4. The van der Waals surface area contributed by atoms with E-state index in [-0.39, 0.29) is 34.8 Å². The smallest absolute Gasteiger partial charge is 0.308 e. The number of thioether (sulfide) groups is 1. The van der Waals surface area contributed by atoms with Gasteiger partial charge in [-0.25, -0.2) is 24.1 Å². The largest absolute Gasteiger partial charge is 0.332 e. The van der Waals surface area contributed by atoms with Crippen molar-refractivity contribution in [3.8, 4) is 0 Å². The van der Waals surface area contributed by atoms with Gasteiger partial charge in [0.1, 0.15) is 12.1 Å². The predicted molar refractivity (Wildman–Crippen MR) is 119 cm³/mol. The number of nitrogens with zero attached hydrogens (tertiary/aromatic N) is 7. The number of hydrogen-bond acceptors (Lipinski definition) is 7. The molecule has 5 rings (SSSR count). The molecule has 0 bridgehead atoms. The van der Waals surface area contributed by atoms with Crippen LogP contribution in [0, 0.1) is 5.82 Å². The fraction of sp³-hybridized carbons (Fsp3) is 0.200. The maximum atomic E-state index is 14.4. The van der Waals surface area contributed by atoms with Crippen molar-refractivity contribution in [3.05, 3.63) is 84.9 Å². The lowest BCUT2D eigenvalue weighted by molar-refractivity contribution is 0.593. The van der Waals surface area contributed by atoms with Gasteiger partial charge >= 0.3 is 5.69 Å². The molecule has 0 unspecified atom stereocenters. The first-order valence-corrected chi connectivity index (χ1v) is 10.8. The van der Waals surface area contributed by atoms with Crippen molar-refractivity contribution in [1.82, 2.24) is 38.3 Å². The second-order valence-electron chi connectivity index (χ2n) is 7.35. The topological polar surface area (TPSA) is 125 Å². The van der Waals surface area contributed by atoms with E-state index in [4.69, 9.17) is 0 Å². The Morgan fingerprint density at radius 1 is 1.09 bits per heavy atom. The molecule has 0 atom stereocenters. The molecule has 0 aliphatic carbocycles. The molecule has 0 saturated carbocycles. The van der Waals surface area contributed by atoms with Gasteiger partial charge in [0.25, 0.3) is 16.9 Å². The highest BCUT2D eigenvalue weighted by Gasteiger charge is 2.21. The van der Waals surface area contributed by atoms with Gasteiger partial charge < -0.3 is 4.57 Å². The predicted octanol–water partition coefficient (Wildman–Crippen LogP) is 0.644. The Morgan fingerprint density at radius 3 is 2.67 bits per heavy atom.